The molecule has 0 atom stereocenters. The monoisotopic (exact) mass is 409 g/mol. The lowest BCUT2D eigenvalue weighted by atomic mass is 9.72. The Kier molecular flexibility index (Phi) is 8.28. The summed E-state index contributed by atoms with van der Waals surface area (Å²) in [5.41, 5.74) is 1.02. The molecule has 1 aliphatic carbocycles. The molecule has 1 aliphatic heterocycles. The summed E-state index contributed by atoms with van der Waals surface area (Å²) in [5, 5.41) is 12.3. The number of likely N-dealkylation sites (tertiary alicyclic amines) is 1. The number of aliphatic carboxylic acids is 1. The molecule has 2 fully saturated rings. The maximum absolute atomic E-state index is 12.7. The first kappa shape index (κ1) is 22.7. The number of halogens is 1. The Morgan fingerprint density at radius 1 is 1.21 bits per heavy atom. The van der Waals surface area contributed by atoms with Gasteiger partial charge in [0.15, 0.2) is 0 Å². The Hall–Kier alpha value is -1.63. The highest BCUT2D eigenvalue weighted by Gasteiger charge is 2.40. The van der Waals surface area contributed by atoms with Crippen molar-refractivity contribution in [2.45, 2.75) is 50.6 Å². The summed E-state index contributed by atoms with van der Waals surface area (Å²) < 4.78 is 0. The van der Waals surface area contributed by atoms with Crippen molar-refractivity contribution >= 4 is 24.3 Å². The SMILES string of the molecule is CCN(CC(=O)O)C1CCN(CC(=O)NC2(c3ccccc3)CCC2)CC1.Cl. The van der Waals surface area contributed by atoms with Gasteiger partial charge in [0.1, 0.15) is 0 Å². The van der Waals surface area contributed by atoms with E-state index in [4.69, 9.17) is 5.11 Å². The lowest BCUT2D eigenvalue weighted by Crippen LogP contribution is -2.54. The number of benzene rings is 1. The molecule has 1 amide bonds. The molecule has 0 radical (unpaired) electrons. The summed E-state index contributed by atoms with van der Waals surface area (Å²) in [6, 6.07) is 10.6. The van der Waals surface area contributed by atoms with E-state index in [-0.39, 0.29) is 30.4 Å². The third-order valence-electron chi connectivity index (χ3n) is 6.10. The van der Waals surface area contributed by atoms with Crippen molar-refractivity contribution in [3.63, 3.8) is 0 Å². The molecule has 156 valence electrons. The van der Waals surface area contributed by atoms with Gasteiger partial charge in [0.25, 0.3) is 0 Å². The summed E-state index contributed by atoms with van der Waals surface area (Å²) >= 11 is 0. The molecule has 0 bridgehead atoms. The van der Waals surface area contributed by atoms with Crippen LogP contribution in [0.4, 0.5) is 0 Å². The Labute approximate surface area is 173 Å². The van der Waals surface area contributed by atoms with Gasteiger partial charge >= 0.3 is 5.97 Å². The maximum atomic E-state index is 12.7. The topological polar surface area (TPSA) is 72.9 Å². The van der Waals surface area contributed by atoms with E-state index < -0.39 is 5.97 Å². The summed E-state index contributed by atoms with van der Waals surface area (Å²) in [7, 11) is 0. The number of carbonyl (C=O) groups is 2. The van der Waals surface area contributed by atoms with Crippen LogP contribution in [0.3, 0.4) is 0 Å². The number of hydrogen-bond acceptors (Lipinski definition) is 4. The van der Waals surface area contributed by atoms with Crippen molar-refractivity contribution in [3.8, 4) is 0 Å². The average molecular weight is 410 g/mol. The third kappa shape index (κ3) is 5.46. The number of nitrogens with one attached hydrogen (secondary N) is 1. The minimum atomic E-state index is -0.773. The summed E-state index contributed by atoms with van der Waals surface area (Å²) in [5.74, 6) is -0.680. The highest BCUT2D eigenvalue weighted by Crippen LogP contribution is 2.41. The minimum Gasteiger partial charge on any atom is -0.480 e. The molecule has 1 saturated carbocycles. The van der Waals surface area contributed by atoms with E-state index in [1.54, 1.807) is 0 Å². The molecule has 7 heteroatoms. The van der Waals surface area contributed by atoms with Crippen LogP contribution < -0.4 is 5.32 Å². The van der Waals surface area contributed by atoms with E-state index in [0.717, 1.165) is 51.7 Å². The van der Waals surface area contributed by atoms with Crippen LogP contribution in [0.1, 0.15) is 44.6 Å². The summed E-state index contributed by atoms with van der Waals surface area (Å²) in [4.78, 5) is 27.9. The van der Waals surface area contributed by atoms with Crippen LogP contribution in [0, 0.1) is 0 Å². The number of piperidine rings is 1. The zero-order valence-electron chi connectivity index (χ0n) is 16.6. The van der Waals surface area contributed by atoms with Crippen molar-refractivity contribution in [1.29, 1.82) is 0 Å². The zero-order chi connectivity index (χ0) is 19.3. The first-order chi connectivity index (χ1) is 13.0. The van der Waals surface area contributed by atoms with E-state index in [0.29, 0.717) is 12.6 Å². The van der Waals surface area contributed by atoms with Crippen LogP contribution in [0.2, 0.25) is 0 Å². The molecule has 28 heavy (non-hydrogen) atoms. The number of carboxylic acid groups (broad SMARTS) is 1. The quantitative estimate of drug-likeness (QED) is 0.690. The smallest absolute Gasteiger partial charge is 0.317 e. The molecule has 2 N–H and O–H groups in total. The minimum absolute atomic E-state index is 0. The van der Waals surface area contributed by atoms with Gasteiger partial charge in [-0.15, -0.1) is 12.4 Å². The third-order valence-corrected chi connectivity index (χ3v) is 6.10. The van der Waals surface area contributed by atoms with Crippen molar-refractivity contribution in [2.75, 3.05) is 32.7 Å². The van der Waals surface area contributed by atoms with Gasteiger partial charge in [-0.2, -0.15) is 0 Å². The van der Waals surface area contributed by atoms with E-state index in [1.165, 1.54) is 5.56 Å². The summed E-state index contributed by atoms with van der Waals surface area (Å²) in [6.07, 6.45) is 4.99. The van der Waals surface area contributed by atoms with Crippen molar-refractivity contribution in [3.05, 3.63) is 35.9 Å². The number of carboxylic acids is 1. The number of hydrogen-bond donors (Lipinski definition) is 2. The molecule has 1 heterocycles. The standard InChI is InChI=1S/C21H31N3O3.ClH/c1-2-24(16-20(26)27)18-9-13-23(14-10-18)15-19(25)22-21(11-6-12-21)17-7-4-3-5-8-17;/h3-5,7-8,18H,2,6,9-16H2,1H3,(H,22,25)(H,26,27);1H. The summed E-state index contributed by atoms with van der Waals surface area (Å²) in [6.45, 7) is 4.95. The first-order valence-corrected chi connectivity index (χ1v) is 10.1. The fourth-order valence-corrected chi connectivity index (χ4v) is 4.40. The van der Waals surface area contributed by atoms with Crippen molar-refractivity contribution in [1.82, 2.24) is 15.1 Å². The molecule has 1 aromatic rings. The van der Waals surface area contributed by atoms with Gasteiger partial charge in [-0.3, -0.25) is 19.4 Å². The second-order valence-electron chi connectivity index (χ2n) is 7.81. The molecule has 1 aromatic carbocycles. The maximum Gasteiger partial charge on any atom is 0.317 e. The molecule has 0 unspecified atom stereocenters. The molecule has 0 spiro atoms. The second kappa shape index (κ2) is 10.2. The number of rotatable bonds is 8. The van der Waals surface area contributed by atoms with E-state index in [9.17, 15) is 9.59 Å². The van der Waals surface area contributed by atoms with Crippen LogP contribution in [-0.4, -0.2) is 65.5 Å². The van der Waals surface area contributed by atoms with Crippen molar-refractivity contribution < 1.29 is 14.7 Å². The Balaban J connectivity index is 0.00000280. The Bertz CT molecular complexity index is 644. The number of amides is 1. The van der Waals surface area contributed by atoms with Gasteiger partial charge in [0.2, 0.25) is 5.91 Å². The molecule has 6 nitrogen and oxygen atoms in total. The first-order valence-electron chi connectivity index (χ1n) is 10.1. The van der Waals surface area contributed by atoms with E-state index >= 15 is 0 Å². The highest BCUT2D eigenvalue weighted by molar-refractivity contribution is 5.85. The van der Waals surface area contributed by atoms with Crippen LogP contribution in [0.5, 0.6) is 0 Å². The fourth-order valence-electron chi connectivity index (χ4n) is 4.40. The normalized spacial score (nSPS) is 19.5. The Morgan fingerprint density at radius 2 is 1.86 bits per heavy atom. The van der Waals surface area contributed by atoms with E-state index in [2.05, 4.69) is 22.3 Å². The van der Waals surface area contributed by atoms with E-state index in [1.807, 2.05) is 30.0 Å². The zero-order valence-corrected chi connectivity index (χ0v) is 17.4. The number of likely N-dealkylation sites (N-methyl/N-ethyl adjacent to an activating group) is 1. The Morgan fingerprint density at radius 3 is 2.36 bits per heavy atom. The number of nitrogens with zero attached hydrogens (tertiary/aromatic N) is 2. The average Bonchev–Trinajstić information content (AvgIpc) is 2.64. The predicted octanol–water partition coefficient (Wildman–Crippen LogP) is 2.47. The molecule has 2 aliphatic rings. The van der Waals surface area contributed by atoms with Crippen LogP contribution in [0.15, 0.2) is 30.3 Å². The van der Waals surface area contributed by atoms with Gasteiger partial charge in [0, 0.05) is 19.1 Å². The largest absolute Gasteiger partial charge is 0.480 e. The van der Waals surface area contributed by atoms with Crippen LogP contribution in [0.25, 0.3) is 0 Å². The molecular formula is C21H32ClN3O3. The molecule has 3 rings (SSSR count). The highest BCUT2D eigenvalue weighted by atomic mass is 35.5. The number of carbonyl (C=O) groups excluding carboxylic acids is 1. The lowest BCUT2D eigenvalue weighted by molar-refractivity contribution is -0.139. The van der Waals surface area contributed by atoms with Gasteiger partial charge in [-0.25, -0.2) is 0 Å². The van der Waals surface area contributed by atoms with Crippen LogP contribution >= 0.6 is 12.4 Å². The van der Waals surface area contributed by atoms with Gasteiger partial charge in [-0.1, -0.05) is 37.3 Å². The van der Waals surface area contributed by atoms with Gasteiger partial charge < -0.3 is 10.4 Å². The van der Waals surface area contributed by atoms with Crippen molar-refractivity contribution in [2.24, 2.45) is 0 Å². The second-order valence-corrected chi connectivity index (χ2v) is 7.81. The van der Waals surface area contributed by atoms with Gasteiger partial charge in [0.05, 0.1) is 18.6 Å². The molecule has 1 saturated heterocycles. The molecule has 0 aromatic heterocycles. The molecular weight excluding hydrogens is 378 g/mol. The lowest BCUT2D eigenvalue weighted by Gasteiger charge is -2.44. The fraction of sp³-hybridized carbons (Fsp3) is 0.619. The van der Waals surface area contributed by atoms with Crippen LogP contribution in [-0.2, 0) is 15.1 Å². The predicted molar refractivity (Wildman–Crippen MR) is 112 cm³/mol. The van der Waals surface area contributed by atoms with Gasteiger partial charge in [-0.05, 0) is 44.2 Å².